The lowest BCUT2D eigenvalue weighted by molar-refractivity contribution is -0.148. The topological polar surface area (TPSA) is 76.4 Å². The number of benzene rings is 2. The van der Waals surface area contributed by atoms with Crippen molar-refractivity contribution in [1.82, 2.24) is 0 Å². The van der Waals surface area contributed by atoms with Crippen LogP contribution in [0, 0.1) is 11.3 Å². The highest BCUT2D eigenvalue weighted by atomic mass is 35.5. The number of hydrogen-bond donors (Lipinski definition) is 0. The number of nitriles is 1. The first kappa shape index (κ1) is 17.5. The fourth-order valence-electron chi connectivity index (χ4n) is 1.90. The van der Waals surface area contributed by atoms with E-state index in [9.17, 15) is 9.59 Å². The van der Waals surface area contributed by atoms with Crippen LogP contribution in [0.5, 0.6) is 5.75 Å². The molecule has 122 valence electrons. The second-order valence-corrected chi connectivity index (χ2v) is 5.36. The normalized spacial score (nSPS) is 11.2. The molecule has 0 aliphatic carbocycles. The van der Waals surface area contributed by atoms with E-state index in [0.29, 0.717) is 21.9 Å². The Kier molecular flexibility index (Phi) is 5.94. The summed E-state index contributed by atoms with van der Waals surface area (Å²) in [5, 5.41) is 9.22. The molecule has 2 aromatic carbocycles. The second-order valence-electron chi connectivity index (χ2n) is 4.93. The van der Waals surface area contributed by atoms with Crippen LogP contribution in [0.2, 0.25) is 5.02 Å². The van der Waals surface area contributed by atoms with Crippen molar-refractivity contribution in [1.29, 1.82) is 5.26 Å². The van der Waals surface area contributed by atoms with Gasteiger partial charge in [-0.05, 0) is 55.5 Å². The SMILES string of the molecule is C[C@@H](OC(=O)COc1ccc(C#N)cc1)C(=O)c1ccc(Cl)cc1. The maximum absolute atomic E-state index is 12.1. The number of esters is 1. The minimum atomic E-state index is -0.928. The summed E-state index contributed by atoms with van der Waals surface area (Å²) in [6.07, 6.45) is -0.928. The summed E-state index contributed by atoms with van der Waals surface area (Å²) in [6.45, 7) is 1.17. The van der Waals surface area contributed by atoms with Crippen LogP contribution in [0.1, 0.15) is 22.8 Å². The Morgan fingerprint density at radius 2 is 1.75 bits per heavy atom. The highest BCUT2D eigenvalue weighted by molar-refractivity contribution is 6.30. The molecule has 0 heterocycles. The molecular weight excluding hydrogens is 330 g/mol. The smallest absolute Gasteiger partial charge is 0.344 e. The van der Waals surface area contributed by atoms with E-state index in [1.54, 1.807) is 48.5 Å². The first-order chi connectivity index (χ1) is 11.5. The third-order valence-corrected chi connectivity index (χ3v) is 3.40. The number of rotatable bonds is 6. The van der Waals surface area contributed by atoms with Crippen LogP contribution in [-0.4, -0.2) is 24.5 Å². The molecule has 0 N–H and O–H groups in total. The molecule has 0 radical (unpaired) electrons. The summed E-state index contributed by atoms with van der Waals surface area (Å²) >= 11 is 5.77. The van der Waals surface area contributed by atoms with E-state index in [2.05, 4.69) is 0 Å². The number of carbonyl (C=O) groups excluding carboxylic acids is 2. The summed E-state index contributed by atoms with van der Waals surface area (Å²) in [5.41, 5.74) is 0.903. The van der Waals surface area contributed by atoms with Crippen LogP contribution in [0.15, 0.2) is 48.5 Å². The van der Waals surface area contributed by atoms with E-state index in [1.807, 2.05) is 6.07 Å². The van der Waals surface area contributed by atoms with E-state index in [0.717, 1.165) is 0 Å². The lowest BCUT2D eigenvalue weighted by Gasteiger charge is -2.13. The predicted molar refractivity (Wildman–Crippen MR) is 88.0 cm³/mol. The van der Waals surface area contributed by atoms with Crippen LogP contribution in [0.25, 0.3) is 0 Å². The van der Waals surface area contributed by atoms with Gasteiger partial charge in [0.05, 0.1) is 11.6 Å². The fourth-order valence-corrected chi connectivity index (χ4v) is 2.03. The summed E-state index contributed by atoms with van der Waals surface area (Å²) in [4.78, 5) is 23.9. The van der Waals surface area contributed by atoms with Gasteiger partial charge in [-0.3, -0.25) is 4.79 Å². The van der Waals surface area contributed by atoms with E-state index in [4.69, 9.17) is 26.3 Å². The van der Waals surface area contributed by atoms with E-state index >= 15 is 0 Å². The Morgan fingerprint density at radius 1 is 1.12 bits per heavy atom. The molecule has 0 amide bonds. The molecule has 0 saturated carbocycles. The van der Waals surface area contributed by atoms with E-state index in [1.165, 1.54) is 6.92 Å². The number of nitrogens with zero attached hydrogens (tertiary/aromatic N) is 1. The number of hydrogen-bond acceptors (Lipinski definition) is 5. The van der Waals surface area contributed by atoms with Crippen LogP contribution >= 0.6 is 11.6 Å². The molecule has 0 spiro atoms. The highest BCUT2D eigenvalue weighted by Gasteiger charge is 2.19. The van der Waals surface area contributed by atoms with Gasteiger partial charge >= 0.3 is 5.97 Å². The van der Waals surface area contributed by atoms with Gasteiger partial charge in [0.15, 0.2) is 12.7 Å². The summed E-state index contributed by atoms with van der Waals surface area (Å²) in [5.74, 6) is -0.546. The van der Waals surface area contributed by atoms with Crippen molar-refractivity contribution >= 4 is 23.4 Å². The fraction of sp³-hybridized carbons (Fsp3) is 0.167. The van der Waals surface area contributed by atoms with Crippen molar-refractivity contribution < 1.29 is 19.1 Å². The second kappa shape index (κ2) is 8.14. The maximum Gasteiger partial charge on any atom is 0.344 e. The Labute approximate surface area is 144 Å². The Morgan fingerprint density at radius 3 is 2.33 bits per heavy atom. The zero-order chi connectivity index (χ0) is 17.5. The molecule has 0 aliphatic rings. The highest BCUT2D eigenvalue weighted by Crippen LogP contribution is 2.13. The van der Waals surface area contributed by atoms with Crippen molar-refractivity contribution in [2.75, 3.05) is 6.61 Å². The van der Waals surface area contributed by atoms with Crippen molar-refractivity contribution in [3.63, 3.8) is 0 Å². The molecule has 6 heteroatoms. The Hall–Kier alpha value is -2.84. The molecule has 0 saturated heterocycles. The predicted octanol–water partition coefficient (Wildman–Crippen LogP) is 3.41. The van der Waals surface area contributed by atoms with Gasteiger partial charge in [0, 0.05) is 10.6 Å². The van der Waals surface area contributed by atoms with Gasteiger partial charge in [0.1, 0.15) is 5.75 Å². The molecule has 24 heavy (non-hydrogen) atoms. The molecule has 2 rings (SSSR count). The Bertz CT molecular complexity index is 763. The van der Waals surface area contributed by atoms with Gasteiger partial charge in [-0.1, -0.05) is 11.6 Å². The molecule has 0 fully saturated rings. The third kappa shape index (κ3) is 4.83. The van der Waals surface area contributed by atoms with Crippen LogP contribution in [-0.2, 0) is 9.53 Å². The minimum absolute atomic E-state index is 0.321. The quantitative estimate of drug-likeness (QED) is 0.593. The number of halogens is 1. The number of carbonyl (C=O) groups is 2. The molecule has 1 atom stereocenters. The van der Waals surface area contributed by atoms with Gasteiger partial charge in [-0.15, -0.1) is 0 Å². The number of Topliss-reactive ketones (excluding diaryl/α,β-unsaturated/α-hetero) is 1. The number of ether oxygens (including phenoxy) is 2. The van der Waals surface area contributed by atoms with Gasteiger partial charge in [0.2, 0.25) is 5.78 Å². The van der Waals surface area contributed by atoms with Gasteiger partial charge in [-0.2, -0.15) is 5.26 Å². The van der Waals surface area contributed by atoms with Crippen molar-refractivity contribution in [2.45, 2.75) is 13.0 Å². The van der Waals surface area contributed by atoms with Crippen LogP contribution in [0.3, 0.4) is 0 Å². The molecule has 0 aromatic heterocycles. The molecule has 0 bridgehead atoms. The zero-order valence-corrected chi connectivity index (χ0v) is 13.6. The summed E-state index contributed by atoms with van der Waals surface area (Å²) in [6, 6.07) is 14.6. The van der Waals surface area contributed by atoms with Crippen LogP contribution < -0.4 is 4.74 Å². The van der Waals surface area contributed by atoms with Crippen molar-refractivity contribution in [3.8, 4) is 11.8 Å². The molecular formula is C18H14ClNO4. The largest absolute Gasteiger partial charge is 0.482 e. The van der Waals surface area contributed by atoms with E-state index < -0.39 is 12.1 Å². The third-order valence-electron chi connectivity index (χ3n) is 3.15. The monoisotopic (exact) mass is 343 g/mol. The summed E-state index contributed by atoms with van der Waals surface area (Å²) < 4.78 is 10.3. The first-order valence-electron chi connectivity index (χ1n) is 7.12. The Balaban J connectivity index is 1.85. The molecule has 2 aromatic rings. The minimum Gasteiger partial charge on any atom is -0.482 e. The number of ketones is 1. The average Bonchev–Trinajstić information content (AvgIpc) is 2.60. The standard InChI is InChI=1S/C18H14ClNO4/c1-12(18(22)14-4-6-15(19)7-5-14)24-17(21)11-23-16-8-2-13(10-20)3-9-16/h2-9,12H,11H2,1H3/t12-/m1/s1. The van der Waals surface area contributed by atoms with Crippen molar-refractivity contribution in [2.24, 2.45) is 0 Å². The maximum atomic E-state index is 12.1. The average molecular weight is 344 g/mol. The first-order valence-corrected chi connectivity index (χ1v) is 7.49. The lowest BCUT2D eigenvalue weighted by Crippen LogP contribution is -2.27. The van der Waals surface area contributed by atoms with Gasteiger partial charge < -0.3 is 9.47 Å². The van der Waals surface area contributed by atoms with Crippen LogP contribution in [0.4, 0.5) is 0 Å². The lowest BCUT2D eigenvalue weighted by atomic mass is 10.1. The van der Waals surface area contributed by atoms with Gasteiger partial charge in [-0.25, -0.2) is 4.79 Å². The van der Waals surface area contributed by atoms with E-state index in [-0.39, 0.29) is 12.4 Å². The molecule has 0 unspecified atom stereocenters. The zero-order valence-electron chi connectivity index (χ0n) is 12.9. The van der Waals surface area contributed by atoms with Crippen molar-refractivity contribution in [3.05, 3.63) is 64.7 Å². The molecule has 0 aliphatic heterocycles. The summed E-state index contributed by atoms with van der Waals surface area (Å²) in [7, 11) is 0. The molecule has 5 nitrogen and oxygen atoms in total. The van der Waals surface area contributed by atoms with Gasteiger partial charge in [0.25, 0.3) is 0 Å².